The lowest BCUT2D eigenvalue weighted by molar-refractivity contribution is 0.585. The summed E-state index contributed by atoms with van der Waals surface area (Å²) in [5.74, 6) is 0. The topological polar surface area (TPSA) is 12.9 Å². The Morgan fingerprint density at radius 3 is 2.43 bits per heavy atom. The summed E-state index contributed by atoms with van der Waals surface area (Å²) in [6.45, 7) is 12.3. The number of rotatable bonds is 2. The van der Waals surface area contributed by atoms with Crippen LogP contribution in [0.3, 0.4) is 0 Å². The van der Waals surface area contributed by atoms with Crippen LogP contribution in [0.2, 0.25) is 0 Å². The molecule has 0 bridgehead atoms. The van der Waals surface area contributed by atoms with Gasteiger partial charge in [-0.3, -0.25) is 0 Å². The third-order valence-corrected chi connectivity index (χ3v) is 3.30. The molecule has 0 fully saturated rings. The molecule has 1 aromatic heterocycles. The average Bonchev–Trinajstić information content (AvgIpc) is 2.47. The fourth-order valence-electron chi connectivity index (χ4n) is 1.08. The lowest BCUT2D eigenvalue weighted by Gasteiger charge is -2.13. The Labute approximate surface area is 90.2 Å². The molecule has 1 heterocycles. The van der Waals surface area contributed by atoms with E-state index in [2.05, 4.69) is 38.4 Å². The Hall–Kier alpha value is -0.890. The van der Waals surface area contributed by atoms with Crippen LogP contribution in [0.5, 0.6) is 0 Å². The van der Waals surface area contributed by atoms with E-state index in [-0.39, 0.29) is 5.41 Å². The first-order valence-electron chi connectivity index (χ1n) is 4.75. The highest BCUT2D eigenvalue weighted by Crippen LogP contribution is 2.30. The molecule has 1 rings (SSSR count). The zero-order chi connectivity index (χ0) is 10.8. The van der Waals surface area contributed by atoms with Crippen LogP contribution in [0.1, 0.15) is 43.3 Å². The molecule has 0 saturated heterocycles. The summed E-state index contributed by atoms with van der Waals surface area (Å²) in [5.41, 5.74) is 1.13. The Kier molecular flexibility index (Phi) is 3.27. The minimum absolute atomic E-state index is 0.127. The molecule has 0 aliphatic carbocycles. The van der Waals surface area contributed by atoms with E-state index >= 15 is 0 Å². The fraction of sp³-hybridized carbons (Fsp3) is 0.417. The standard InChI is InChI=1S/C12H17NS/c1-6-8-10-9(7-2)13-11(14-10)12(3,4)5/h6-8H,2H2,1,3-5H3/b8-6-. The van der Waals surface area contributed by atoms with Crippen molar-refractivity contribution in [3.63, 3.8) is 0 Å². The second-order valence-corrected chi connectivity index (χ2v) is 5.25. The summed E-state index contributed by atoms with van der Waals surface area (Å²) in [5, 5.41) is 1.17. The maximum atomic E-state index is 4.57. The minimum atomic E-state index is 0.127. The van der Waals surface area contributed by atoms with E-state index in [0.29, 0.717) is 0 Å². The van der Waals surface area contributed by atoms with Gasteiger partial charge in [0.05, 0.1) is 15.6 Å². The number of thiazole rings is 1. The predicted octanol–water partition coefficient (Wildman–Crippen LogP) is 4.12. The summed E-state index contributed by atoms with van der Waals surface area (Å²) < 4.78 is 0. The number of aromatic nitrogens is 1. The molecule has 76 valence electrons. The normalized spacial score (nSPS) is 12.3. The summed E-state index contributed by atoms with van der Waals surface area (Å²) in [6, 6.07) is 0. The van der Waals surface area contributed by atoms with E-state index in [1.807, 2.05) is 19.1 Å². The second-order valence-electron chi connectivity index (χ2n) is 4.22. The van der Waals surface area contributed by atoms with Gasteiger partial charge in [0.25, 0.3) is 0 Å². The van der Waals surface area contributed by atoms with Crippen LogP contribution in [0.25, 0.3) is 12.2 Å². The Morgan fingerprint density at radius 2 is 2.00 bits per heavy atom. The average molecular weight is 207 g/mol. The predicted molar refractivity (Wildman–Crippen MR) is 65.6 cm³/mol. The van der Waals surface area contributed by atoms with Crippen molar-refractivity contribution in [2.75, 3.05) is 0 Å². The molecule has 0 N–H and O–H groups in total. The van der Waals surface area contributed by atoms with Crippen LogP contribution in [-0.4, -0.2) is 4.98 Å². The van der Waals surface area contributed by atoms with Crippen molar-refractivity contribution < 1.29 is 0 Å². The largest absolute Gasteiger partial charge is 0.241 e. The molecule has 0 unspecified atom stereocenters. The zero-order valence-corrected chi connectivity index (χ0v) is 10.1. The van der Waals surface area contributed by atoms with Crippen molar-refractivity contribution in [3.05, 3.63) is 28.2 Å². The number of hydrogen-bond acceptors (Lipinski definition) is 2. The van der Waals surface area contributed by atoms with Crippen molar-refractivity contribution >= 4 is 23.5 Å². The van der Waals surface area contributed by atoms with Gasteiger partial charge >= 0.3 is 0 Å². The third kappa shape index (κ3) is 2.32. The van der Waals surface area contributed by atoms with E-state index in [9.17, 15) is 0 Å². The van der Waals surface area contributed by atoms with Crippen molar-refractivity contribution in [2.45, 2.75) is 33.1 Å². The van der Waals surface area contributed by atoms with Crippen molar-refractivity contribution in [1.29, 1.82) is 0 Å². The Morgan fingerprint density at radius 1 is 1.36 bits per heavy atom. The molecular formula is C12H17NS. The van der Waals surface area contributed by atoms with Crippen LogP contribution in [0.4, 0.5) is 0 Å². The molecule has 0 spiro atoms. The molecule has 14 heavy (non-hydrogen) atoms. The highest BCUT2D eigenvalue weighted by Gasteiger charge is 2.19. The highest BCUT2D eigenvalue weighted by atomic mass is 32.1. The van der Waals surface area contributed by atoms with Crippen LogP contribution in [0.15, 0.2) is 12.7 Å². The molecular weight excluding hydrogens is 190 g/mol. The highest BCUT2D eigenvalue weighted by molar-refractivity contribution is 7.12. The van der Waals surface area contributed by atoms with Gasteiger partial charge < -0.3 is 0 Å². The van der Waals surface area contributed by atoms with Gasteiger partial charge in [-0.1, -0.05) is 33.4 Å². The van der Waals surface area contributed by atoms with Gasteiger partial charge in [-0.2, -0.15) is 0 Å². The lowest BCUT2D eigenvalue weighted by Crippen LogP contribution is -2.10. The second kappa shape index (κ2) is 4.09. The first-order chi connectivity index (χ1) is 6.49. The quantitative estimate of drug-likeness (QED) is 0.711. The summed E-state index contributed by atoms with van der Waals surface area (Å²) in [6.07, 6.45) is 5.94. The molecule has 1 aromatic rings. The molecule has 2 heteroatoms. The summed E-state index contributed by atoms with van der Waals surface area (Å²) in [7, 11) is 0. The Balaban J connectivity index is 3.19. The molecule has 0 radical (unpaired) electrons. The minimum Gasteiger partial charge on any atom is -0.241 e. The molecule has 0 aliphatic heterocycles. The molecule has 1 nitrogen and oxygen atoms in total. The third-order valence-electron chi connectivity index (χ3n) is 1.83. The number of hydrogen-bond donors (Lipinski definition) is 0. The molecule has 0 saturated carbocycles. The summed E-state index contributed by atoms with van der Waals surface area (Å²) in [4.78, 5) is 5.77. The van der Waals surface area contributed by atoms with Crippen molar-refractivity contribution in [1.82, 2.24) is 4.98 Å². The van der Waals surface area contributed by atoms with Crippen LogP contribution in [-0.2, 0) is 5.41 Å². The van der Waals surface area contributed by atoms with Gasteiger partial charge in [0.15, 0.2) is 0 Å². The SMILES string of the molecule is C=Cc1nc(C(C)(C)C)sc1/C=C\C. The maximum absolute atomic E-state index is 4.57. The van der Waals surface area contributed by atoms with Gasteiger partial charge in [-0.05, 0) is 19.1 Å². The lowest BCUT2D eigenvalue weighted by atomic mass is 9.98. The van der Waals surface area contributed by atoms with E-state index < -0.39 is 0 Å². The smallest absolute Gasteiger partial charge is 0.0992 e. The van der Waals surface area contributed by atoms with Crippen LogP contribution in [0, 0.1) is 0 Å². The van der Waals surface area contributed by atoms with Gasteiger partial charge in [-0.15, -0.1) is 11.3 Å². The number of allylic oxidation sites excluding steroid dienone is 1. The van der Waals surface area contributed by atoms with E-state index in [0.717, 1.165) is 5.69 Å². The number of nitrogens with zero attached hydrogens (tertiary/aromatic N) is 1. The zero-order valence-electron chi connectivity index (χ0n) is 9.29. The van der Waals surface area contributed by atoms with Gasteiger partial charge in [-0.25, -0.2) is 4.98 Å². The summed E-state index contributed by atoms with van der Waals surface area (Å²) >= 11 is 1.75. The molecule has 0 aliphatic rings. The first-order valence-corrected chi connectivity index (χ1v) is 5.57. The van der Waals surface area contributed by atoms with E-state index in [4.69, 9.17) is 0 Å². The van der Waals surface area contributed by atoms with Crippen molar-refractivity contribution in [3.8, 4) is 0 Å². The van der Waals surface area contributed by atoms with Gasteiger partial charge in [0, 0.05) is 5.41 Å². The van der Waals surface area contributed by atoms with Crippen molar-refractivity contribution in [2.24, 2.45) is 0 Å². The monoisotopic (exact) mass is 207 g/mol. The van der Waals surface area contributed by atoms with Gasteiger partial charge in [0.2, 0.25) is 0 Å². The first kappa shape index (κ1) is 11.2. The molecule has 0 atom stereocenters. The van der Waals surface area contributed by atoms with Crippen LogP contribution < -0.4 is 0 Å². The Bertz CT molecular complexity index is 353. The van der Waals surface area contributed by atoms with Crippen LogP contribution >= 0.6 is 11.3 Å². The fourth-order valence-corrected chi connectivity index (χ4v) is 2.18. The molecule has 0 aromatic carbocycles. The van der Waals surface area contributed by atoms with E-state index in [1.165, 1.54) is 9.88 Å². The van der Waals surface area contributed by atoms with Gasteiger partial charge in [0.1, 0.15) is 0 Å². The molecule has 0 amide bonds. The maximum Gasteiger partial charge on any atom is 0.0992 e. The van der Waals surface area contributed by atoms with E-state index in [1.54, 1.807) is 11.3 Å².